The number of rotatable bonds is 4. The van der Waals surface area contributed by atoms with Gasteiger partial charge < -0.3 is 10.2 Å². The molecular weight excluding hydrogens is 296 g/mol. The molecule has 3 nitrogen and oxygen atoms in total. The maximum Gasteiger partial charge on any atom is 0.228 e. The molecule has 4 rings (SSSR count). The molecule has 0 saturated carbocycles. The van der Waals surface area contributed by atoms with E-state index in [1.165, 1.54) is 25.9 Å². The van der Waals surface area contributed by atoms with E-state index in [1.54, 1.807) is 4.90 Å². The lowest BCUT2D eigenvalue weighted by Crippen LogP contribution is -3.17. The third kappa shape index (κ3) is 3.31. The Kier molecular flexibility index (Phi) is 4.74. The summed E-state index contributed by atoms with van der Waals surface area (Å²) in [7, 11) is 0. The number of benzene rings is 1. The van der Waals surface area contributed by atoms with Crippen LogP contribution in [0.2, 0.25) is 5.02 Å². The first-order valence-corrected chi connectivity index (χ1v) is 8.82. The highest BCUT2D eigenvalue weighted by Gasteiger charge is 2.39. The molecule has 1 aromatic rings. The van der Waals surface area contributed by atoms with Crippen LogP contribution in [0.15, 0.2) is 24.3 Å². The van der Waals surface area contributed by atoms with E-state index in [9.17, 15) is 4.79 Å². The van der Waals surface area contributed by atoms with Gasteiger partial charge in [0.1, 0.15) is 0 Å². The van der Waals surface area contributed by atoms with Gasteiger partial charge in [-0.2, -0.15) is 0 Å². The molecule has 3 saturated heterocycles. The van der Waals surface area contributed by atoms with Gasteiger partial charge in [0.25, 0.3) is 0 Å². The van der Waals surface area contributed by atoms with Crippen molar-refractivity contribution in [1.29, 1.82) is 0 Å². The Morgan fingerprint density at radius 3 is 2.36 bits per heavy atom. The van der Waals surface area contributed by atoms with Crippen LogP contribution in [0.3, 0.4) is 0 Å². The Morgan fingerprint density at radius 2 is 1.86 bits per heavy atom. The second-order valence-corrected chi connectivity index (χ2v) is 7.62. The predicted molar refractivity (Wildman–Crippen MR) is 89.2 cm³/mol. The lowest BCUT2D eigenvalue weighted by molar-refractivity contribution is -0.917. The minimum atomic E-state index is -0.0947. The fourth-order valence-corrected chi connectivity index (χ4v) is 4.21. The van der Waals surface area contributed by atoms with Gasteiger partial charge in [0.2, 0.25) is 5.91 Å². The third-order valence-corrected chi connectivity index (χ3v) is 5.57. The summed E-state index contributed by atoms with van der Waals surface area (Å²) in [6, 6.07) is 8.07. The van der Waals surface area contributed by atoms with Gasteiger partial charge >= 0.3 is 0 Å². The average Bonchev–Trinajstić information content (AvgIpc) is 2.50. The first-order valence-electron chi connectivity index (χ1n) is 8.44. The number of hydrogen-bond donors (Lipinski definition) is 2. The summed E-state index contributed by atoms with van der Waals surface area (Å²) in [5.41, 5.74) is 1.06. The highest BCUT2D eigenvalue weighted by atomic mass is 35.5. The van der Waals surface area contributed by atoms with E-state index in [4.69, 9.17) is 11.6 Å². The second-order valence-electron chi connectivity index (χ2n) is 7.18. The van der Waals surface area contributed by atoms with E-state index in [-0.39, 0.29) is 17.7 Å². The van der Waals surface area contributed by atoms with Crippen LogP contribution in [0.4, 0.5) is 0 Å². The maximum absolute atomic E-state index is 12.9. The Bertz CT molecular complexity index is 520. The van der Waals surface area contributed by atoms with Crippen LogP contribution in [0.25, 0.3) is 0 Å². The number of carbonyl (C=O) groups excluding carboxylic acids is 1. The summed E-state index contributed by atoms with van der Waals surface area (Å²) in [6.45, 7) is 7.88. The number of hydrogen-bond acceptors (Lipinski definition) is 1. The molecule has 0 aromatic heterocycles. The van der Waals surface area contributed by atoms with E-state index in [0.717, 1.165) is 12.1 Å². The predicted octanol–water partition coefficient (Wildman–Crippen LogP) is 1.87. The Morgan fingerprint density at radius 1 is 1.23 bits per heavy atom. The van der Waals surface area contributed by atoms with Crippen molar-refractivity contribution in [2.75, 3.05) is 19.6 Å². The number of fused-ring (bicyclic) bond motifs is 3. The molecule has 2 bridgehead atoms. The van der Waals surface area contributed by atoms with Crippen LogP contribution >= 0.6 is 11.6 Å². The van der Waals surface area contributed by atoms with Gasteiger partial charge in [-0.1, -0.05) is 37.6 Å². The zero-order chi connectivity index (χ0) is 15.7. The molecule has 1 aromatic carbocycles. The minimum Gasteiger partial charge on any atom is -0.347 e. The van der Waals surface area contributed by atoms with Crippen molar-refractivity contribution in [2.45, 2.75) is 38.6 Å². The zero-order valence-electron chi connectivity index (χ0n) is 13.4. The van der Waals surface area contributed by atoms with Crippen LogP contribution in [0, 0.1) is 11.8 Å². The van der Waals surface area contributed by atoms with Gasteiger partial charge in [-0.05, 0) is 29.5 Å². The number of halogens is 1. The molecule has 1 amide bonds. The van der Waals surface area contributed by atoms with E-state index in [1.807, 2.05) is 24.3 Å². The van der Waals surface area contributed by atoms with Crippen LogP contribution < -0.4 is 10.2 Å². The SMILES string of the molecule is CC(C)[C@H](C(=O)N[C@H]1C[NH+]2CCC1CC2)c1ccc(Cl)cc1. The largest absolute Gasteiger partial charge is 0.347 e. The lowest BCUT2D eigenvalue weighted by Gasteiger charge is -2.42. The number of quaternary nitrogens is 1. The Balaban J connectivity index is 1.71. The molecule has 3 aliphatic heterocycles. The number of carbonyl (C=O) groups is 1. The maximum atomic E-state index is 12.9. The molecule has 3 heterocycles. The van der Waals surface area contributed by atoms with Gasteiger partial charge in [0, 0.05) is 17.9 Å². The summed E-state index contributed by atoms with van der Waals surface area (Å²) in [6.07, 6.45) is 2.52. The van der Waals surface area contributed by atoms with Gasteiger partial charge in [-0.3, -0.25) is 4.79 Å². The minimum absolute atomic E-state index is 0.0947. The molecule has 4 heteroatoms. The Hall–Kier alpha value is -1.06. The summed E-state index contributed by atoms with van der Waals surface area (Å²) < 4.78 is 0. The normalized spacial score (nSPS) is 28.6. The number of amides is 1. The third-order valence-electron chi connectivity index (χ3n) is 5.32. The number of piperidine rings is 3. The van der Waals surface area contributed by atoms with Gasteiger partial charge in [0.15, 0.2) is 0 Å². The van der Waals surface area contributed by atoms with Crippen molar-refractivity contribution >= 4 is 17.5 Å². The molecule has 120 valence electrons. The zero-order valence-corrected chi connectivity index (χ0v) is 14.2. The molecule has 0 spiro atoms. The van der Waals surface area contributed by atoms with Gasteiger partial charge in [0.05, 0.1) is 31.6 Å². The first kappa shape index (κ1) is 15.8. The molecule has 22 heavy (non-hydrogen) atoms. The van der Waals surface area contributed by atoms with Crippen molar-refractivity contribution in [1.82, 2.24) is 5.32 Å². The van der Waals surface area contributed by atoms with Crippen molar-refractivity contribution in [3.8, 4) is 0 Å². The monoisotopic (exact) mass is 321 g/mol. The molecule has 2 atom stereocenters. The lowest BCUT2D eigenvalue weighted by atomic mass is 9.82. The van der Waals surface area contributed by atoms with E-state index in [2.05, 4.69) is 19.2 Å². The standard InChI is InChI=1S/C18H25ClN2O/c1-12(2)17(14-3-5-15(19)6-4-14)18(22)20-16-11-21-9-7-13(16)8-10-21/h3-6,12-13,16-17H,7-11H2,1-2H3,(H,20,22)/p+1/t16-,17-/m0/s1. The Labute approximate surface area is 138 Å². The highest BCUT2D eigenvalue weighted by Crippen LogP contribution is 2.27. The molecule has 3 aliphatic rings. The smallest absolute Gasteiger partial charge is 0.228 e. The average molecular weight is 322 g/mol. The molecule has 3 fully saturated rings. The topological polar surface area (TPSA) is 33.5 Å². The van der Waals surface area contributed by atoms with Crippen LogP contribution in [-0.2, 0) is 4.79 Å². The van der Waals surface area contributed by atoms with E-state index < -0.39 is 0 Å². The van der Waals surface area contributed by atoms with E-state index in [0.29, 0.717) is 17.0 Å². The second kappa shape index (κ2) is 6.59. The quantitative estimate of drug-likeness (QED) is 0.872. The molecule has 0 aliphatic carbocycles. The van der Waals surface area contributed by atoms with E-state index >= 15 is 0 Å². The van der Waals surface area contributed by atoms with Gasteiger partial charge in [-0.15, -0.1) is 0 Å². The van der Waals surface area contributed by atoms with Crippen molar-refractivity contribution < 1.29 is 9.69 Å². The summed E-state index contributed by atoms with van der Waals surface area (Å²) in [5, 5.41) is 4.07. The summed E-state index contributed by atoms with van der Waals surface area (Å²) in [4.78, 5) is 14.5. The van der Waals surface area contributed by atoms with Crippen molar-refractivity contribution in [2.24, 2.45) is 11.8 Å². The molecule has 0 unspecified atom stereocenters. The molecular formula is C18H26ClN2O+. The summed E-state index contributed by atoms with van der Waals surface area (Å²) in [5.74, 6) is 1.03. The molecule has 0 radical (unpaired) electrons. The summed E-state index contributed by atoms with van der Waals surface area (Å²) >= 11 is 5.97. The highest BCUT2D eigenvalue weighted by molar-refractivity contribution is 6.30. The van der Waals surface area contributed by atoms with Gasteiger partial charge in [-0.25, -0.2) is 0 Å². The van der Waals surface area contributed by atoms with Crippen LogP contribution in [0.1, 0.15) is 38.2 Å². The number of nitrogens with one attached hydrogen (secondary N) is 2. The van der Waals surface area contributed by atoms with Crippen LogP contribution in [-0.4, -0.2) is 31.6 Å². The van der Waals surface area contributed by atoms with Crippen molar-refractivity contribution in [3.63, 3.8) is 0 Å². The van der Waals surface area contributed by atoms with Crippen molar-refractivity contribution in [3.05, 3.63) is 34.9 Å². The fourth-order valence-electron chi connectivity index (χ4n) is 4.08. The first-order chi connectivity index (χ1) is 10.5. The van der Waals surface area contributed by atoms with Crippen LogP contribution in [0.5, 0.6) is 0 Å². The molecule has 2 N–H and O–H groups in total. The fraction of sp³-hybridized carbons (Fsp3) is 0.611.